The van der Waals surface area contributed by atoms with Crippen LogP contribution in [0.15, 0.2) is 9.85 Å². The molecule has 1 amide bonds. The first-order valence-electron chi connectivity index (χ1n) is 5.84. The summed E-state index contributed by atoms with van der Waals surface area (Å²) in [6, 6.07) is 2.42. The number of carbonyl (C=O) groups excluding carboxylic acids is 1. The summed E-state index contributed by atoms with van der Waals surface area (Å²) >= 11 is 5.27. The summed E-state index contributed by atoms with van der Waals surface area (Å²) in [5.41, 5.74) is 0.922. The first kappa shape index (κ1) is 9.66. The number of thiophene rings is 1. The minimum atomic E-state index is 0.144. The van der Waals surface area contributed by atoms with Gasteiger partial charge in [0.25, 0.3) is 5.91 Å². The van der Waals surface area contributed by atoms with Crippen LogP contribution in [0.25, 0.3) is 0 Å². The highest BCUT2D eigenvalue weighted by Gasteiger charge is 2.52. The van der Waals surface area contributed by atoms with E-state index in [-0.39, 0.29) is 5.91 Å². The third-order valence-electron chi connectivity index (χ3n) is 4.49. The Balaban J connectivity index is 1.88. The molecule has 1 N–H and O–H groups in total. The van der Waals surface area contributed by atoms with E-state index in [4.69, 9.17) is 0 Å². The zero-order valence-electron chi connectivity index (χ0n) is 8.70. The monoisotopic (exact) mass is 297 g/mol. The number of fused-ring (bicyclic) bond motifs is 7. The standard InChI is InChI=1S/C12H12BrNOS/c13-8-4-7-11(16-8)9-5-1-2-6(3-5)10(9)14-12(7)15/h4-6,9-10H,1-3H2,(H,14,15)/t5-,6+,9+,10-/m0/s1. The second-order valence-corrected chi connectivity index (χ2v) is 7.65. The smallest absolute Gasteiger partial charge is 0.252 e. The van der Waals surface area contributed by atoms with E-state index in [1.54, 1.807) is 11.3 Å². The first-order valence-corrected chi connectivity index (χ1v) is 7.45. The minimum absolute atomic E-state index is 0.144. The lowest BCUT2D eigenvalue weighted by atomic mass is 9.80. The van der Waals surface area contributed by atoms with Gasteiger partial charge in [0.05, 0.1) is 9.35 Å². The number of hydrogen-bond donors (Lipinski definition) is 1. The van der Waals surface area contributed by atoms with E-state index in [9.17, 15) is 4.79 Å². The lowest BCUT2D eigenvalue weighted by Gasteiger charge is -2.35. The number of halogens is 1. The Hall–Kier alpha value is -0.350. The summed E-state index contributed by atoms with van der Waals surface area (Å²) in [4.78, 5) is 13.3. The number of carbonyl (C=O) groups is 1. The molecule has 2 bridgehead atoms. The average molecular weight is 298 g/mol. The molecule has 16 heavy (non-hydrogen) atoms. The van der Waals surface area contributed by atoms with Crippen LogP contribution in [0, 0.1) is 11.8 Å². The Morgan fingerprint density at radius 3 is 3.06 bits per heavy atom. The number of rotatable bonds is 0. The maximum atomic E-state index is 12.0. The van der Waals surface area contributed by atoms with Crippen LogP contribution < -0.4 is 5.32 Å². The fraction of sp³-hybridized carbons (Fsp3) is 0.583. The number of amides is 1. The second-order valence-electron chi connectivity index (χ2n) is 5.19. The van der Waals surface area contributed by atoms with Gasteiger partial charge in [-0.3, -0.25) is 4.79 Å². The van der Waals surface area contributed by atoms with Crippen molar-refractivity contribution in [2.45, 2.75) is 31.2 Å². The van der Waals surface area contributed by atoms with E-state index in [1.165, 1.54) is 24.1 Å². The minimum Gasteiger partial charge on any atom is -0.348 e. The Morgan fingerprint density at radius 2 is 2.19 bits per heavy atom. The molecule has 1 aliphatic heterocycles. The predicted octanol–water partition coefficient (Wildman–Crippen LogP) is 3.14. The van der Waals surface area contributed by atoms with Crippen molar-refractivity contribution in [3.63, 3.8) is 0 Å². The quantitative estimate of drug-likeness (QED) is 0.783. The van der Waals surface area contributed by atoms with Crippen molar-refractivity contribution < 1.29 is 4.79 Å². The Kier molecular flexibility index (Phi) is 1.87. The molecule has 84 valence electrons. The molecule has 2 heterocycles. The molecule has 4 heteroatoms. The van der Waals surface area contributed by atoms with Crippen LogP contribution in [0.3, 0.4) is 0 Å². The van der Waals surface area contributed by atoms with Crippen molar-refractivity contribution >= 4 is 33.2 Å². The van der Waals surface area contributed by atoms with E-state index < -0.39 is 0 Å². The highest BCUT2D eigenvalue weighted by molar-refractivity contribution is 9.11. The zero-order chi connectivity index (χ0) is 10.9. The Morgan fingerprint density at radius 1 is 1.38 bits per heavy atom. The molecule has 1 aromatic rings. The van der Waals surface area contributed by atoms with Gasteiger partial charge >= 0.3 is 0 Å². The van der Waals surface area contributed by atoms with Gasteiger partial charge in [-0.15, -0.1) is 11.3 Å². The third kappa shape index (κ3) is 1.10. The summed E-state index contributed by atoms with van der Waals surface area (Å²) in [5.74, 6) is 2.32. The molecular formula is C12H12BrNOS. The zero-order valence-corrected chi connectivity index (χ0v) is 11.1. The summed E-state index contributed by atoms with van der Waals surface area (Å²) in [5, 5.41) is 3.23. The van der Waals surface area contributed by atoms with Gasteiger partial charge in [-0.25, -0.2) is 0 Å². The summed E-state index contributed by atoms with van der Waals surface area (Å²) in [7, 11) is 0. The maximum Gasteiger partial charge on any atom is 0.252 e. The molecule has 3 aliphatic rings. The maximum absolute atomic E-state index is 12.0. The molecular weight excluding hydrogens is 286 g/mol. The highest BCUT2D eigenvalue weighted by Crippen LogP contribution is 2.56. The molecule has 0 aromatic carbocycles. The van der Waals surface area contributed by atoms with E-state index in [2.05, 4.69) is 21.2 Å². The van der Waals surface area contributed by atoms with Crippen molar-refractivity contribution in [3.8, 4) is 0 Å². The SMILES string of the molecule is O=C1N[C@H]2[C@@H]3CC[C@@H](C3)[C@H]2c2sc(Br)cc21. The van der Waals surface area contributed by atoms with Crippen molar-refractivity contribution in [3.05, 3.63) is 20.3 Å². The average Bonchev–Trinajstić information content (AvgIpc) is 2.89. The summed E-state index contributed by atoms with van der Waals surface area (Å²) in [6.45, 7) is 0. The summed E-state index contributed by atoms with van der Waals surface area (Å²) < 4.78 is 1.09. The van der Waals surface area contributed by atoms with E-state index in [0.717, 1.165) is 21.2 Å². The van der Waals surface area contributed by atoms with Gasteiger partial charge in [0.15, 0.2) is 0 Å². The fourth-order valence-corrected chi connectivity index (χ4v) is 5.78. The number of hydrogen-bond acceptors (Lipinski definition) is 2. The molecule has 2 saturated carbocycles. The van der Waals surface area contributed by atoms with Gasteiger partial charge in [0.1, 0.15) is 0 Å². The molecule has 0 spiro atoms. The molecule has 4 atom stereocenters. The van der Waals surface area contributed by atoms with Gasteiger partial charge in [0.2, 0.25) is 0 Å². The summed E-state index contributed by atoms with van der Waals surface area (Å²) in [6.07, 6.45) is 4.00. The molecule has 0 saturated heterocycles. The van der Waals surface area contributed by atoms with E-state index in [0.29, 0.717) is 12.0 Å². The normalized spacial score (nSPS) is 39.4. The molecule has 2 aliphatic carbocycles. The molecule has 2 nitrogen and oxygen atoms in total. The van der Waals surface area contributed by atoms with Crippen LogP contribution in [-0.4, -0.2) is 11.9 Å². The Bertz CT molecular complexity index is 483. The van der Waals surface area contributed by atoms with Crippen molar-refractivity contribution in [1.29, 1.82) is 0 Å². The van der Waals surface area contributed by atoms with Gasteiger partial charge < -0.3 is 5.32 Å². The molecule has 0 radical (unpaired) electrons. The van der Waals surface area contributed by atoms with Crippen LogP contribution in [0.2, 0.25) is 0 Å². The van der Waals surface area contributed by atoms with Crippen molar-refractivity contribution in [2.75, 3.05) is 0 Å². The predicted molar refractivity (Wildman–Crippen MR) is 66.8 cm³/mol. The fourth-order valence-electron chi connectivity index (χ4n) is 3.90. The van der Waals surface area contributed by atoms with Crippen LogP contribution in [0.1, 0.15) is 40.4 Å². The van der Waals surface area contributed by atoms with Crippen molar-refractivity contribution in [1.82, 2.24) is 5.32 Å². The van der Waals surface area contributed by atoms with Crippen LogP contribution in [0.4, 0.5) is 0 Å². The molecule has 1 aromatic heterocycles. The molecule has 4 rings (SSSR count). The topological polar surface area (TPSA) is 29.1 Å². The first-order chi connectivity index (χ1) is 7.74. The lowest BCUT2D eigenvalue weighted by Crippen LogP contribution is -2.46. The van der Waals surface area contributed by atoms with E-state index in [1.807, 2.05) is 6.07 Å². The third-order valence-corrected chi connectivity index (χ3v) is 6.23. The van der Waals surface area contributed by atoms with Crippen LogP contribution in [0.5, 0.6) is 0 Å². The Labute approximate surface area is 107 Å². The lowest BCUT2D eigenvalue weighted by molar-refractivity contribution is 0.0898. The second kappa shape index (κ2) is 3.10. The molecule has 0 unspecified atom stereocenters. The molecule has 2 fully saturated rings. The van der Waals surface area contributed by atoms with E-state index >= 15 is 0 Å². The van der Waals surface area contributed by atoms with Gasteiger partial charge in [-0.1, -0.05) is 0 Å². The van der Waals surface area contributed by atoms with Crippen LogP contribution >= 0.6 is 27.3 Å². The van der Waals surface area contributed by atoms with Gasteiger partial charge in [-0.2, -0.15) is 0 Å². The van der Waals surface area contributed by atoms with Gasteiger partial charge in [-0.05, 0) is 53.1 Å². The van der Waals surface area contributed by atoms with Crippen LogP contribution in [-0.2, 0) is 0 Å². The highest BCUT2D eigenvalue weighted by atomic mass is 79.9. The largest absolute Gasteiger partial charge is 0.348 e. The van der Waals surface area contributed by atoms with Crippen molar-refractivity contribution in [2.24, 2.45) is 11.8 Å². The number of nitrogens with one attached hydrogen (secondary N) is 1. The van der Waals surface area contributed by atoms with Gasteiger partial charge in [0, 0.05) is 16.8 Å².